The van der Waals surface area contributed by atoms with Crippen molar-refractivity contribution in [2.45, 2.75) is 26.7 Å². The van der Waals surface area contributed by atoms with Crippen LogP contribution in [0.3, 0.4) is 0 Å². The molecular weight excluding hydrogens is 250 g/mol. The maximum absolute atomic E-state index is 4.26. The van der Waals surface area contributed by atoms with Gasteiger partial charge in [-0.25, -0.2) is 0 Å². The first-order valence-corrected chi connectivity index (χ1v) is 7.59. The van der Waals surface area contributed by atoms with Crippen molar-refractivity contribution in [3.8, 4) is 9.88 Å². The van der Waals surface area contributed by atoms with Crippen LogP contribution in [0, 0.1) is 0 Å². The normalized spacial score (nSPS) is 10.9. The summed E-state index contributed by atoms with van der Waals surface area (Å²) in [6.07, 6.45) is 2.06. The lowest BCUT2D eigenvalue weighted by molar-refractivity contribution is 0.710. The maximum Gasteiger partial charge on any atom is 0.157 e. The fraction of sp³-hybridized carbons (Fsp3) is 0.500. The number of rotatable bonds is 6. The highest BCUT2D eigenvalue weighted by molar-refractivity contribution is 7.21. The van der Waals surface area contributed by atoms with Crippen LogP contribution in [0.25, 0.3) is 9.88 Å². The number of aromatic nitrogens is 2. The average Bonchev–Trinajstić information content (AvgIpc) is 2.97. The van der Waals surface area contributed by atoms with E-state index in [0.29, 0.717) is 0 Å². The van der Waals surface area contributed by atoms with E-state index in [0.717, 1.165) is 35.9 Å². The molecule has 0 atom stereocenters. The van der Waals surface area contributed by atoms with Gasteiger partial charge in [0.25, 0.3) is 0 Å². The minimum atomic E-state index is 0.970. The third-order valence-electron chi connectivity index (χ3n) is 2.45. The van der Waals surface area contributed by atoms with Gasteiger partial charge in [0.1, 0.15) is 5.01 Å². The fourth-order valence-electron chi connectivity index (χ4n) is 1.51. The lowest BCUT2D eigenvalue weighted by Crippen LogP contribution is -2.15. The summed E-state index contributed by atoms with van der Waals surface area (Å²) in [7, 11) is 0. The molecule has 1 N–H and O–H groups in total. The van der Waals surface area contributed by atoms with Gasteiger partial charge in [-0.15, -0.1) is 21.5 Å². The summed E-state index contributed by atoms with van der Waals surface area (Å²) in [5.41, 5.74) is 0. The van der Waals surface area contributed by atoms with Gasteiger partial charge in [-0.05, 0) is 25.1 Å². The quantitative estimate of drug-likeness (QED) is 0.818. The molecule has 2 aromatic rings. The predicted octanol–water partition coefficient (Wildman–Crippen LogP) is 2.98. The SMILES string of the molecule is CCNCCc1nnc(-c2ccc(CC)s2)s1. The van der Waals surface area contributed by atoms with E-state index < -0.39 is 0 Å². The topological polar surface area (TPSA) is 37.8 Å². The van der Waals surface area contributed by atoms with Crippen LogP contribution < -0.4 is 5.32 Å². The molecule has 2 rings (SSSR count). The zero-order chi connectivity index (χ0) is 12.1. The van der Waals surface area contributed by atoms with Crippen molar-refractivity contribution in [1.82, 2.24) is 15.5 Å². The van der Waals surface area contributed by atoms with Crippen molar-refractivity contribution < 1.29 is 0 Å². The molecule has 0 radical (unpaired) electrons. The predicted molar refractivity (Wildman–Crippen MR) is 74.8 cm³/mol. The number of aryl methyl sites for hydroxylation is 1. The molecule has 0 unspecified atom stereocenters. The standard InChI is InChI=1S/C12H17N3S2/c1-3-9-5-6-10(16-9)12-15-14-11(17-12)7-8-13-4-2/h5-6,13H,3-4,7-8H2,1-2H3. The summed E-state index contributed by atoms with van der Waals surface area (Å²) < 4.78 is 0. The molecule has 17 heavy (non-hydrogen) atoms. The van der Waals surface area contributed by atoms with Gasteiger partial charge >= 0.3 is 0 Å². The lowest BCUT2D eigenvalue weighted by atomic mass is 10.4. The summed E-state index contributed by atoms with van der Waals surface area (Å²) in [5.74, 6) is 0. The Morgan fingerprint density at radius 3 is 2.76 bits per heavy atom. The molecule has 0 aliphatic rings. The Kier molecular flexibility index (Phi) is 4.65. The molecule has 5 heteroatoms. The van der Waals surface area contributed by atoms with Crippen molar-refractivity contribution in [3.05, 3.63) is 22.0 Å². The second-order valence-electron chi connectivity index (χ2n) is 3.72. The lowest BCUT2D eigenvalue weighted by Gasteiger charge is -1.95. The third-order valence-corrected chi connectivity index (χ3v) is 4.84. The molecule has 0 saturated carbocycles. The number of hydrogen-bond acceptors (Lipinski definition) is 5. The Morgan fingerprint density at radius 1 is 1.18 bits per heavy atom. The van der Waals surface area contributed by atoms with Crippen LogP contribution in [-0.2, 0) is 12.8 Å². The van der Waals surface area contributed by atoms with Gasteiger partial charge in [0.15, 0.2) is 5.01 Å². The molecule has 0 aliphatic heterocycles. The van der Waals surface area contributed by atoms with Crippen molar-refractivity contribution >= 4 is 22.7 Å². The zero-order valence-corrected chi connectivity index (χ0v) is 11.8. The highest BCUT2D eigenvalue weighted by atomic mass is 32.1. The zero-order valence-electron chi connectivity index (χ0n) is 10.2. The van der Waals surface area contributed by atoms with Gasteiger partial charge in [-0.1, -0.05) is 25.2 Å². The first-order chi connectivity index (χ1) is 8.33. The summed E-state index contributed by atoms with van der Waals surface area (Å²) in [4.78, 5) is 2.65. The van der Waals surface area contributed by atoms with E-state index in [4.69, 9.17) is 0 Å². The van der Waals surface area contributed by atoms with E-state index in [1.165, 1.54) is 9.75 Å². The molecule has 0 fully saturated rings. The maximum atomic E-state index is 4.26. The van der Waals surface area contributed by atoms with Gasteiger partial charge in [-0.3, -0.25) is 0 Å². The van der Waals surface area contributed by atoms with Crippen molar-refractivity contribution in [2.24, 2.45) is 0 Å². The molecule has 2 heterocycles. The number of likely N-dealkylation sites (N-methyl/N-ethyl adjacent to an activating group) is 1. The van der Waals surface area contributed by atoms with Gasteiger partial charge in [-0.2, -0.15) is 0 Å². The molecule has 0 aliphatic carbocycles. The van der Waals surface area contributed by atoms with Crippen LogP contribution in [0.2, 0.25) is 0 Å². The van der Waals surface area contributed by atoms with E-state index in [9.17, 15) is 0 Å². The van der Waals surface area contributed by atoms with E-state index >= 15 is 0 Å². The molecular formula is C12H17N3S2. The third kappa shape index (κ3) is 3.34. The summed E-state index contributed by atoms with van der Waals surface area (Å²) >= 11 is 3.53. The van der Waals surface area contributed by atoms with Crippen LogP contribution in [0.1, 0.15) is 23.7 Å². The summed E-state index contributed by atoms with van der Waals surface area (Å²) in [5, 5.41) is 14.0. The van der Waals surface area contributed by atoms with Gasteiger partial charge in [0, 0.05) is 17.8 Å². The van der Waals surface area contributed by atoms with Crippen LogP contribution in [0.5, 0.6) is 0 Å². The molecule has 0 aromatic carbocycles. The summed E-state index contributed by atoms with van der Waals surface area (Å²) in [6.45, 7) is 6.28. The molecule has 3 nitrogen and oxygen atoms in total. The number of hydrogen-bond donors (Lipinski definition) is 1. The van der Waals surface area contributed by atoms with E-state index in [2.05, 4.69) is 41.5 Å². The fourth-order valence-corrected chi connectivity index (χ4v) is 3.35. The first-order valence-electron chi connectivity index (χ1n) is 5.95. The number of nitrogens with zero attached hydrogens (tertiary/aromatic N) is 2. The number of thiophene rings is 1. The second kappa shape index (κ2) is 6.23. The van der Waals surface area contributed by atoms with Gasteiger partial charge in [0.05, 0.1) is 4.88 Å². The Hall–Kier alpha value is -0.780. The highest BCUT2D eigenvalue weighted by Crippen LogP contribution is 2.30. The van der Waals surface area contributed by atoms with E-state index in [-0.39, 0.29) is 0 Å². The monoisotopic (exact) mass is 267 g/mol. The largest absolute Gasteiger partial charge is 0.317 e. The Bertz CT molecular complexity index is 462. The van der Waals surface area contributed by atoms with E-state index in [1.807, 2.05) is 11.3 Å². The van der Waals surface area contributed by atoms with Crippen LogP contribution in [0.4, 0.5) is 0 Å². The molecule has 0 bridgehead atoms. The molecule has 0 spiro atoms. The Balaban J connectivity index is 2.02. The van der Waals surface area contributed by atoms with Crippen molar-refractivity contribution in [2.75, 3.05) is 13.1 Å². The summed E-state index contributed by atoms with van der Waals surface area (Å²) in [6, 6.07) is 4.33. The van der Waals surface area contributed by atoms with Crippen molar-refractivity contribution in [3.63, 3.8) is 0 Å². The Labute approximate surface area is 110 Å². The second-order valence-corrected chi connectivity index (χ2v) is 5.95. The van der Waals surface area contributed by atoms with E-state index in [1.54, 1.807) is 11.3 Å². The first kappa shape index (κ1) is 12.7. The Morgan fingerprint density at radius 2 is 2.06 bits per heavy atom. The van der Waals surface area contributed by atoms with Crippen LogP contribution in [0.15, 0.2) is 12.1 Å². The minimum absolute atomic E-state index is 0.970. The van der Waals surface area contributed by atoms with Gasteiger partial charge in [0.2, 0.25) is 0 Å². The van der Waals surface area contributed by atoms with Crippen LogP contribution in [-0.4, -0.2) is 23.3 Å². The minimum Gasteiger partial charge on any atom is -0.317 e. The average molecular weight is 267 g/mol. The molecule has 2 aromatic heterocycles. The van der Waals surface area contributed by atoms with Crippen molar-refractivity contribution in [1.29, 1.82) is 0 Å². The smallest absolute Gasteiger partial charge is 0.157 e. The highest BCUT2D eigenvalue weighted by Gasteiger charge is 2.08. The molecule has 92 valence electrons. The van der Waals surface area contributed by atoms with Gasteiger partial charge < -0.3 is 5.32 Å². The number of nitrogens with one attached hydrogen (secondary N) is 1. The molecule has 0 saturated heterocycles. The molecule has 0 amide bonds. The van der Waals surface area contributed by atoms with Crippen LogP contribution >= 0.6 is 22.7 Å².